The van der Waals surface area contributed by atoms with Crippen molar-refractivity contribution in [3.05, 3.63) is 24.3 Å². The quantitative estimate of drug-likeness (QED) is 0.837. The molecule has 22 heavy (non-hydrogen) atoms. The number of aromatic nitrogens is 4. The maximum atomic E-state index is 12.1. The van der Waals surface area contributed by atoms with Crippen molar-refractivity contribution >= 4 is 11.6 Å². The SMILES string of the molecule is Cn1nnnc1-c1cccc(NC(=O)CC2COCCN2)c1. The van der Waals surface area contributed by atoms with E-state index in [4.69, 9.17) is 4.74 Å². The third kappa shape index (κ3) is 3.46. The monoisotopic (exact) mass is 302 g/mol. The molecule has 1 unspecified atom stereocenters. The average Bonchev–Trinajstić information content (AvgIpc) is 2.94. The van der Waals surface area contributed by atoms with E-state index in [0.29, 0.717) is 25.5 Å². The Morgan fingerprint density at radius 1 is 1.55 bits per heavy atom. The Balaban J connectivity index is 1.65. The molecule has 0 bridgehead atoms. The van der Waals surface area contributed by atoms with Crippen molar-refractivity contribution < 1.29 is 9.53 Å². The number of nitrogens with one attached hydrogen (secondary N) is 2. The van der Waals surface area contributed by atoms with Crippen molar-refractivity contribution in [3.63, 3.8) is 0 Å². The van der Waals surface area contributed by atoms with E-state index in [1.165, 1.54) is 0 Å². The Morgan fingerprint density at radius 2 is 2.45 bits per heavy atom. The first kappa shape index (κ1) is 14.6. The van der Waals surface area contributed by atoms with Gasteiger partial charge in [-0.2, -0.15) is 0 Å². The molecule has 0 aliphatic carbocycles. The molecule has 1 aromatic heterocycles. The van der Waals surface area contributed by atoms with Gasteiger partial charge in [-0.3, -0.25) is 4.79 Å². The summed E-state index contributed by atoms with van der Waals surface area (Å²) in [6.45, 7) is 2.05. The molecule has 8 heteroatoms. The number of benzene rings is 1. The minimum Gasteiger partial charge on any atom is -0.378 e. The number of ether oxygens (including phenoxy) is 1. The summed E-state index contributed by atoms with van der Waals surface area (Å²) in [6.07, 6.45) is 0.385. The molecule has 0 saturated carbocycles. The summed E-state index contributed by atoms with van der Waals surface area (Å²) in [6, 6.07) is 7.53. The zero-order valence-electron chi connectivity index (χ0n) is 12.3. The third-order valence-corrected chi connectivity index (χ3v) is 3.45. The first-order valence-corrected chi connectivity index (χ1v) is 7.16. The van der Waals surface area contributed by atoms with Gasteiger partial charge in [0.05, 0.1) is 13.2 Å². The van der Waals surface area contributed by atoms with Crippen LogP contribution in [-0.4, -0.2) is 51.9 Å². The van der Waals surface area contributed by atoms with E-state index in [0.717, 1.165) is 17.8 Å². The molecule has 1 amide bonds. The normalized spacial score (nSPS) is 18.1. The molecule has 2 aromatic rings. The summed E-state index contributed by atoms with van der Waals surface area (Å²) in [4.78, 5) is 12.1. The van der Waals surface area contributed by atoms with E-state index in [1.54, 1.807) is 11.7 Å². The predicted molar refractivity (Wildman–Crippen MR) is 80.1 cm³/mol. The Morgan fingerprint density at radius 3 is 3.18 bits per heavy atom. The van der Waals surface area contributed by atoms with Crippen LogP contribution in [0.1, 0.15) is 6.42 Å². The molecule has 0 spiro atoms. The zero-order chi connectivity index (χ0) is 15.4. The summed E-state index contributed by atoms with van der Waals surface area (Å²) in [7, 11) is 1.77. The maximum Gasteiger partial charge on any atom is 0.226 e. The molecule has 1 atom stereocenters. The van der Waals surface area contributed by atoms with Crippen molar-refractivity contribution in [2.75, 3.05) is 25.1 Å². The molecular formula is C14H18N6O2. The van der Waals surface area contributed by atoms with Crippen LogP contribution in [0, 0.1) is 0 Å². The first-order valence-electron chi connectivity index (χ1n) is 7.16. The van der Waals surface area contributed by atoms with Gasteiger partial charge in [0.25, 0.3) is 0 Å². The highest BCUT2D eigenvalue weighted by atomic mass is 16.5. The summed E-state index contributed by atoms with van der Waals surface area (Å²) < 4.78 is 6.93. The molecule has 116 valence electrons. The van der Waals surface area contributed by atoms with Crippen LogP contribution in [0.25, 0.3) is 11.4 Å². The van der Waals surface area contributed by atoms with Crippen LogP contribution in [0.15, 0.2) is 24.3 Å². The molecule has 0 radical (unpaired) electrons. The van der Waals surface area contributed by atoms with E-state index in [9.17, 15) is 4.79 Å². The maximum absolute atomic E-state index is 12.1. The largest absolute Gasteiger partial charge is 0.378 e. The van der Waals surface area contributed by atoms with Crippen molar-refractivity contribution in [3.8, 4) is 11.4 Å². The van der Waals surface area contributed by atoms with Gasteiger partial charge in [-0.05, 0) is 22.6 Å². The highest BCUT2D eigenvalue weighted by Gasteiger charge is 2.17. The van der Waals surface area contributed by atoms with Gasteiger partial charge in [0.2, 0.25) is 5.91 Å². The third-order valence-electron chi connectivity index (χ3n) is 3.45. The fourth-order valence-electron chi connectivity index (χ4n) is 2.40. The van der Waals surface area contributed by atoms with Crippen molar-refractivity contribution in [2.24, 2.45) is 7.05 Å². The van der Waals surface area contributed by atoms with Gasteiger partial charge in [0, 0.05) is 37.3 Å². The number of tetrazole rings is 1. The number of hydrogen-bond acceptors (Lipinski definition) is 6. The van der Waals surface area contributed by atoms with Crippen molar-refractivity contribution in [1.29, 1.82) is 0 Å². The molecular weight excluding hydrogens is 284 g/mol. The number of amides is 1. The van der Waals surface area contributed by atoms with Crippen molar-refractivity contribution in [2.45, 2.75) is 12.5 Å². The fraction of sp³-hybridized carbons (Fsp3) is 0.429. The number of carbonyl (C=O) groups is 1. The predicted octanol–water partition coefficient (Wildman–Crippen LogP) is 0.194. The molecule has 1 aliphatic rings. The second kappa shape index (κ2) is 6.63. The van der Waals surface area contributed by atoms with Crippen molar-refractivity contribution in [1.82, 2.24) is 25.5 Å². The molecule has 1 saturated heterocycles. The van der Waals surface area contributed by atoms with Crippen LogP contribution in [0.2, 0.25) is 0 Å². The van der Waals surface area contributed by atoms with Crippen LogP contribution in [-0.2, 0) is 16.6 Å². The molecule has 3 rings (SSSR count). The van der Waals surface area contributed by atoms with Crippen LogP contribution >= 0.6 is 0 Å². The van der Waals surface area contributed by atoms with E-state index < -0.39 is 0 Å². The van der Waals surface area contributed by atoms with Gasteiger partial charge in [-0.15, -0.1) is 5.10 Å². The highest BCUT2D eigenvalue weighted by molar-refractivity contribution is 5.91. The minimum absolute atomic E-state index is 0.0451. The summed E-state index contributed by atoms with van der Waals surface area (Å²) in [5, 5.41) is 17.5. The summed E-state index contributed by atoms with van der Waals surface area (Å²) >= 11 is 0. The van der Waals surface area contributed by atoms with Gasteiger partial charge < -0.3 is 15.4 Å². The van der Waals surface area contributed by atoms with Crippen LogP contribution in [0.5, 0.6) is 0 Å². The van der Waals surface area contributed by atoms with Gasteiger partial charge in [0.15, 0.2) is 5.82 Å². The minimum atomic E-state index is -0.0451. The lowest BCUT2D eigenvalue weighted by molar-refractivity contribution is -0.117. The Hall–Kier alpha value is -2.32. The lowest BCUT2D eigenvalue weighted by Gasteiger charge is -2.23. The number of hydrogen-bond donors (Lipinski definition) is 2. The zero-order valence-corrected chi connectivity index (χ0v) is 12.3. The second-order valence-corrected chi connectivity index (χ2v) is 5.19. The lowest BCUT2D eigenvalue weighted by atomic mass is 10.1. The van der Waals surface area contributed by atoms with Gasteiger partial charge in [-0.25, -0.2) is 4.68 Å². The number of anilines is 1. The van der Waals surface area contributed by atoms with E-state index in [2.05, 4.69) is 26.2 Å². The van der Waals surface area contributed by atoms with Gasteiger partial charge in [0.1, 0.15) is 0 Å². The molecule has 1 fully saturated rings. The van der Waals surface area contributed by atoms with Crippen LogP contribution in [0.3, 0.4) is 0 Å². The summed E-state index contributed by atoms with van der Waals surface area (Å²) in [5.74, 6) is 0.606. The molecule has 2 N–H and O–H groups in total. The standard InChI is InChI=1S/C14H18N6O2/c1-20-14(17-18-19-20)10-3-2-4-11(7-10)16-13(21)8-12-9-22-6-5-15-12/h2-4,7,12,15H,5-6,8-9H2,1H3,(H,16,21). The van der Waals surface area contributed by atoms with E-state index >= 15 is 0 Å². The number of nitrogens with zero attached hydrogens (tertiary/aromatic N) is 4. The Kier molecular flexibility index (Phi) is 4.40. The number of carbonyl (C=O) groups excluding carboxylic acids is 1. The second-order valence-electron chi connectivity index (χ2n) is 5.19. The topological polar surface area (TPSA) is 94.0 Å². The Labute approximate surface area is 127 Å². The lowest BCUT2D eigenvalue weighted by Crippen LogP contribution is -2.43. The molecule has 1 aromatic carbocycles. The fourth-order valence-corrected chi connectivity index (χ4v) is 2.40. The molecule has 2 heterocycles. The van der Waals surface area contributed by atoms with Gasteiger partial charge in [-0.1, -0.05) is 12.1 Å². The van der Waals surface area contributed by atoms with E-state index in [-0.39, 0.29) is 11.9 Å². The smallest absolute Gasteiger partial charge is 0.226 e. The highest BCUT2D eigenvalue weighted by Crippen LogP contribution is 2.19. The van der Waals surface area contributed by atoms with Crippen LogP contribution in [0.4, 0.5) is 5.69 Å². The number of aryl methyl sites for hydroxylation is 1. The molecule has 8 nitrogen and oxygen atoms in total. The summed E-state index contributed by atoms with van der Waals surface area (Å²) in [5.41, 5.74) is 1.58. The number of rotatable bonds is 4. The van der Waals surface area contributed by atoms with Gasteiger partial charge >= 0.3 is 0 Å². The Bertz CT molecular complexity index is 650. The first-order chi connectivity index (χ1) is 10.7. The molecule has 1 aliphatic heterocycles. The van der Waals surface area contributed by atoms with Crippen LogP contribution < -0.4 is 10.6 Å². The number of morpholine rings is 1. The van der Waals surface area contributed by atoms with E-state index in [1.807, 2.05) is 24.3 Å². The average molecular weight is 302 g/mol.